The average Bonchev–Trinajstić information content (AvgIpc) is 3.05. The van der Waals surface area contributed by atoms with Gasteiger partial charge in [0.15, 0.2) is 23.1 Å². The number of nitrogens with zero attached hydrogens (tertiary/aromatic N) is 2. The van der Waals surface area contributed by atoms with Crippen molar-refractivity contribution in [2.75, 3.05) is 38.3 Å². The van der Waals surface area contributed by atoms with Crippen LogP contribution in [0.25, 0.3) is 10.9 Å². The molecule has 48 heavy (non-hydrogen) atoms. The maximum atomic E-state index is 15.5. The number of aliphatic hydroxyl groups is 1. The number of hydrogen-bond acceptors (Lipinski definition) is 9. The number of amides is 2. The first-order valence-electron chi connectivity index (χ1n) is 15.9. The van der Waals surface area contributed by atoms with Gasteiger partial charge in [-0.1, -0.05) is 6.08 Å². The molecular weight excluding hydrogens is 628 g/mol. The molecule has 2 N–H and O–H groups in total. The normalized spacial score (nSPS) is 18.0. The van der Waals surface area contributed by atoms with Crippen molar-refractivity contribution in [1.82, 2.24) is 9.88 Å². The molecule has 2 aromatic carbocycles. The number of hydrogen-bond donors (Lipinski definition) is 2. The van der Waals surface area contributed by atoms with Crippen LogP contribution >= 0.6 is 0 Å². The maximum Gasteiger partial charge on any atom is 0.267 e. The molecule has 1 atom stereocenters. The fourth-order valence-electron chi connectivity index (χ4n) is 5.74. The van der Waals surface area contributed by atoms with Crippen LogP contribution in [-0.4, -0.2) is 71.5 Å². The number of anilines is 1. The Morgan fingerprint density at radius 1 is 1.10 bits per heavy atom. The van der Waals surface area contributed by atoms with E-state index in [2.05, 4.69) is 10.3 Å². The number of halogens is 2. The molecule has 3 aromatic rings. The molecule has 3 aliphatic rings. The molecule has 254 valence electrons. The van der Waals surface area contributed by atoms with Crippen molar-refractivity contribution in [3.05, 3.63) is 65.5 Å². The van der Waals surface area contributed by atoms with Crippen LogP contribution < -0.4 is 24.3 Å². The third kappa shape index (κ3) is 7.01. The van der Waals surface area contributed by atoms with Gasteiger partial charge >= 0.3 is 0 Å². The lowest BCUT2D eigenvalue weighted by molar-refractivity contribution is -0.129. The molecule has 2 amide bonds. The quantitative estimate of drug-likeness (QED) is 0.252. The standard InChI is InChI=1S/C35H37F2N3O8/c1-4-44-26-12-14-40(22-8-5-20(36)6-9-22)34(42)30(26)33(41)39-21-7-10-25(23(37)17-21)48-27-11-13-38-24-18-28(47-19-35(2,3)43)31-32(29(24)27)46-16-15-45-31/h7-8,10-11,13,17-18,20,43H,4-6,9,12,14-16,19H2,1-3H3,(H,39,41). The summed E-state index contributed by atoms with van der Waals surface area (Å²) in [5, 5.41) is 13.2. The predicted octanol–water partition coefficient (Wildman–Crippen LogP) is 5.95. The molecule has 3 heterocycles. The topological polar surface area (TPSA) is 129 Å². The second kappa shape index (κ2) is 13.7. The van der Waals surface area contributed by atoms with E-state index in [1.54, 1.807) is 39.0 Å². The largest absolute Gasteiger partial charge is 0.497 e. The summed E-state index contributed by atoms with van der Waals surface area (Å²) in [6.07, 6.45) is 3.48. The zero-order valence-corrected chi connectivity index (χ0v) is 26.9. The second-order valence-corrected chi connectivity index (χ2v) is 12.2. The molecule has 1 unspecified atom stereocenters. The molecule has 13 heteroatoms. The number of alkyl halides is 1. The van der Waals surface area contributed by atoms with Gasteiger partial charge in [0, 0.05) is 42.7 Å². The number of pyridine rings is 1. The van der Waals surface area contributed by atoms with E-state index in [4.69, 9.17) is 23.7 Å². The third-order valence-electron chi connectivity index (χ3n) is 7.95. The summed E-state index contributed by atoms with van der Waals surface area (Å²) in [5.41, 5.74) is -0.0558. The molecule has 2 aliphatic heterocycles. The van der Waals surface area contributed by atoms with Crippen molar-refractivity contribution in [2.45, 2.75) is 58.2 Å². The molecule has 0 saturated heterocycles. The van der Waals surface area contributed by atoms with Gasteiger partial charge in [0.2, 0.25) is 5.75 Å². The first-order valence-corrected chi connectivity index (χ1v) is 15.9. The van der Waals surface area contributed by atoms with Crippen LogP contribution in [0.2, 0.25) is 0 Å². The second-order valence-electron chi connectivity index (χ2n) is 12.2. The van der Waals surface area contributed by atoms with E-state index in [-0.39, 0.29) is 61.4 Å². The lowest BCUT2D eigenvalue weighted by Crippen LogP contribution is -2.41. The Balaban J connectivity index is 1.24. The van der Waals surface area contributed by atoms with Crippen molar-refractivity contribution in [2.24, 2.45) is 0 Å². The van der Waals surface area contributed by atoms with Crippen molar-refractivity contribution >= 4 is 28.4 Å². The van der Waals surface area contributed by atoms with E-state index in [1.165, 1.54) is 23.2 Å². The summed E-state index contributed by atoms with van der Waals surface area (Å²) in [5.74, 6) is -0.748. The Morgan fingerprint density at radius 2 is 1.90 bits per heavy atom. The summed E-state index contributed by atoms with van der Waals surface area (Å²) in [7, 11) is 0. The highest BCUT2D eigenvalue weighted by Gasteiger charge is 2.35. The molecule has 0 radical (unpaired) electrons. The van der Waals surface area contributed by atoms with Gasteiger partial charge in [-0.2, -0.15) is 0 Å². The van der Waals surface area contributed by atoms with Gasteiger partial charge in [-0.3, -0.25) is 14.6 Å². The minimum absolute atomic E-state index is 0.00579. The van der Waals surface area contributed by atoms with Crippen molar-refractivity contribution in [3.8, 4) is 28.7 Å². The van der Waals surface area contributed by atoms with Crippen LogP contribution in [0.1, 0.15) is 46.5 Å². The van der Waals surface area contributed by atoms with Gasteiger partial charge in [-0.15, -0.1) is 0 Å². The van der Waals surface area contributed by atoms with E-state index in [9.17, 15) is 19.1 Å². The number of fused-ring (bicyclic) bond motifs is 3. The molecule has 0 saturated carbocycles. The zero-order chi connectivity index (χ0) is 34.0. The van der Waals surface area contributed by atoms with Crippen LogP contribution in [0.4, 0.5) is 14.5 Å². The molecular formula is C35H37F2N3O8. The number of benzene rings is 2. The Morgan fingerprint density at radius 3 is 2.60 bits per heavy atom. The highest BCUT2D eigenvalue weighted by atomic mass is 19.1. The lowest BCUT2D eigenvalue weighted by atomic mass is 9.98. The highest BCUT2D eigenvalue weighted by molar-refractivity contribution is 6.23. The van der Waals surface area contributed by atoms with Crippen LogP contribution in [0.3, 0.4) is 0 Å². The van der Waals surface area contributed by atoms with E-state index < -0.39 is 29.4 Å². The number of nitrogens with one attached hydrogen (secondary N) is 1. The molecule has 1 aromatic heterocycles. The van der Waals surface area contributed by atoms with Crippen molar-refractivity contribution in [3.63, 3.8) is 0 Å². The molecule has 0 spiro atoms. The summed E-state index contributed by atoms with van der Waals surface area (Å²) in [6, 6.07) is 7.09. The Bertz CT molecular complexity index is 1800. The minimum Gasteiger partial charge on any atom is -0.497 e. The summed E-state index contributed by atoms with van der Waals surface area (Å²) in [6.45, 7) is 6.08. The van der Waals surface area contributed by atoms with Crippen LogP contribution in [0, 0.1) is 5.82 Å². The fourth-order valence-corrected chi connectivity index (χ4v) is 5.74. The highest BCUT2D eigenvalue weighted by Crippen LogP contribution is 2.48. The van der Waals surface area contributed by atoms with Gasteiger partial charge in [-0.25, -0.2) is 8.78 Å². The summed E-state index contributed by atoms with van der Waals surface area (Å²) in [4.78, 5) is 32.9. The molecule has 6 rings (SSSR count). The predicted molar refractivity (Wildman–Crippen MR) is 171 cm³/mol. The van der Waals surface area contributed by atoms with Crippen molar-refractivity contribution in [1.29, 1.82) is 0 Å². The van der Waals surface area contributed by atoms with E-state index in [0.717, 1.165) is 6.07 Å². The maximum absolute atomic E-state index is 15.5. The van der Waals surface area contributed by atoms with Crippen LogP contribution in [0.15, 0.2) is 59.6 Å². The molecule has 0 bridgehead atoms. The van der Waals surface area contributed by atoms with Crippen molar-refractivity contribution < 1.29 is 47.2 Å². The smallest absolute Gasteiger partial charge is 0.267 e. The number of ether oxygens (including phenoxy) is 5. The lowest BCUT2D eigenvalue weighted by Gasteiger charge is -2.33. The van der Waals surface area contributed by atoms with Gasteiger partial charge < -0.3 is 39.0 Å². The van der Waals surface area contributed by atoms with Gasteiger partial charge in [-0.05, 0) is 58.2 Å². The van der Waals surface area contributed by atoms with E-state index >= 15 is 4.39 Å². The molecule has 1 aliphatic carbocycles. The Hall–Kier alpha value is -4.91. The van der Waals surface area contributed by atoms with Gasteiger partial charge in [0.05, 0.1) is 23.1 Å². The number of carbonyl (C=O) groups excluding carboxylic acids is 2. The Kier molecular flexibility index (Phi) is 9.40. The van der Waals surface area contributed by atoms with Gasteiger partial charge in [0.1, 0.15) is 43.1 Å². The summed E-state index contributed by atoms with van der Waals surface area (Å²) < 4.78 is 58.5. The van der Waals surface area contributed by atoms with Crippen LogP contribution in [-0.2, 0) is 14.3 Å². The molecule has 0 fully saturated rings. The number of aromatic nitrogens is 1. The zero-order valence-electron chi connectivity index (χ0n) is 26.9. The molecule has 11 nitrogen and oxygen atoms in total. The number of rotatable bonds is 10. The first-order chi connectivity index (χ1) is 23.0. The number of allylic oxidation sites excluding steroid dienone is 2. The first kappa shape index (κ1) is 33.0. The minimum atomic E-state index is -1.10. The monoisotopic (exact) mass is 665 g/mol. The fraction of sp³-hybridized carbons (Fsp3) is 0.400. The van der Waals surface area contributed by atoms with Gasteiger partial charge in [0.25, 0.3) is 11.8 Å². The SMILES string of the molecule is CCOC1=C(C(=O)Nc2ccc(Oc3ccnc4cc(OCC(C)(C)O)c5c(c34)OCCO5)c(F)c2)C(=O)N(C2=CCC(F)CC2)CC1. The van der Waals surface area contributed by atoms with Crippen LogP contribution in [0.5, 0.6) is 28.7 Å². The van der Waals surface area contributed by atoms with E-state index in [0.29, 0.717) is 59.7 Å². The number of carbonyl (C=O) groups is 2. The summed E-state index contributed by atoms with van der Waals surface area (Å²) >= 11 is 0. The third-order valence-corrected chi connectivity index (χ3v) is 7.95. The average molecular weight is 666 g/mol. The van der Waals surface area contributed by atoms with E-state index in [1.807, 2.05) is 0 Å². The Labute approximate surface area is 276 Å².